The molecule has 0 rings (SSSR count). The molecule has 0 aliphatic rings. The van der Waals surface area contributed by atoms with Crippen LogP contribution in [-0.2, 0) is 9.68 Å². The highest BCUT2D eigenvalue weighted by Crippen LogP contribution is 1.72. The molecule has 0 saturated carbocycles. The van der Waals surface area contributed by atoms with E-state index in [0.29, 0.717) is 0 Å². The van der Waals surface area contributed by atoms with E-state index in [4.69, 9.17) is 10.4 Å². The Balaban J connectivity index is 3.20. The molecule has 0 fully saturated rings. The molecule has 0 aliphatic heterocycles. The lowest BCUT2D eigenvalue weighted by Crippen LogP contribution is -1.88. The molecule has 0 saturated heterocycles. The fraction of sp³-hybridized carbons (Fsp3) is 0.250. The second kappa shape index (κ2) is 4.29. The fourth-order valence-electron chi connectivity index (χ4n) is 0.192. The molecule has 8 heavy (non-hydrogen) atoms. The average Bonchev–Trinajstić information content (AvgIpc) is 1.66. The molecule has 0 heterocycles. The molecule has 0 aromatic carbocycles. The molecule has 0 amide bonds. The molecule has 0 spiro atoms. The quantitative estimate of drug-likeness (QED) is 0.313. The minimum absolute atomic E-state index is 0.0910. The van der Waals surface area contributed by atoms with Gasteiger partial charge in [0.1, 0.15) is 6.61 Å². The van der Waals surface area contributed by atoms with Crippen LogP contribution in [0.2, 0.25) is 0 Å². The Morgan fingerprint density at radius 3 is 2.75 bits per heavy atom. The third-order valence-electron chi connectivity index (χ3n) is 0.431. The van der Waals surface area contributed by atoms with Crippen LogP contribution in [0.4, 0.5) is 0 Å². The van der Waals surface area contributed by atoms with Gasteiger partial charge >= 0.3 is 5.97 Å². The minimum Gasteiger partial charge on any atom is -0.478 e. The molecule has 0 aliphatic carbocycles. The summed E-state index contributed by atoms with van der Waals surface area (Å²) in [6, 6.07) is 0. The van der Waals surface area contributed by atoms with Crippen molar-refractivity contribution in [3.05, 3.63) is 12.2 Å². The monoisotopic (exact) mass is 118 g/mol. The first kappa shape index (κ1) is 7.13. The number of carboxylic acids is 1. The van der Waals surface area contributed by atoms with E-state index in [1.165, 1.54) is 6.08 Å². The molecule has 2 N–H and O–H groups in total. The van der Waals surface area contributed by atoms with E-state index in [1.54, 1.807) is 0 Å². The van der Waals surface area contributed by atoms with Crippen molar-refractivity contribution in [2.45, 2.75) is 0 Å². The van der Waals surface area contributed by atoms with Gasteiger partial charge in [0.15, 0.2) is 0 Å². The molecule has 4 nitrogen and oxygen atoms in total. The van der Waals surface area contributed by atoms with Gasteiger partial charge in [0.05, 0.1) is 0 Å². The van der Waals surface area contributed by atoms with Crippen molar-refractivity contribution in [1.82, 2.24) is 0 Å². The van der Waals surface area contributed by atoms with E-state index in [9.17, 15) is 4.79 Å². The number of rotatable bonds is 3. The van der Waals surface area contributed by atoms with E-state index in [1.807, 2.05) is 0 Å². The lowest BCUT2D eigenvalue weighted by atomic mass is 10.5. The normalized spacial score (nSPS) is 10.1. The molecule has 0 atom stereocenters. The molecular weight excluding hydrogens is 112 g/mol. The third-order valence-corrected chi connectivity index (χ3v) is 0.431. The Hall–Kier alpha value is -0.870. The van der Waals surface area contributed by atoms with Gasteiger partial charge in [-0.1, -0.05) is 0 Å². The molecule has 46 valence electrons. The smallest absolute Gasteiger partial charge is 0.328 e. The summed E-state index contributed by atoms with van der Waals surface area (Å²) in [7, 11) is 0. The van der Waals surface area contributed by atoms with Gasteiger partial charge in [-0.25, -0.2) is 9.68 Å². The highest BCUT2D eigenvalue weighted by Gasteiger charge is 1.81. The van der Waals surface area contributed by atoms with Crippen LogP contribution in [0, 0.1) is 0 Å². The maximum atomic E-state index is 9.65. The summed E-state index contributed by atoms with van der Waals surface area (Å²) in [5.74, 6) is -1.05. The van der Waals surface area contributed by atoms with Gasteiger partial charge in [0, 0.05) is 6.08 Å². The summed E-state index contributed by atoms with van der Waals surface area (Å²) in [6.45, 7) is -0.0910. The second-order valence-corrected chi connectivity index (χ2v) is 1.04. The first-order chi connectivity index (χ1) is 3.77. The molecule has 4 heteroatoms. The predicted octanol–water partition coefficient (Wildman–Crippen LogP) is 0.117. The lowest BCUT2D eigenvalue weighted by Gasteiger charge is -1.81. The highest BCUT2D eigenvalue weighted by atomic mass is 17.1. The second-order valence-electron chi connectivity index (χ2n) is 1.04. The number of hydrogen-bond acceptors (Lipinski definition) is 3. The number of carboxylic acid groups (broad SMARTS) is 1. The van der Waals surface area contributed by atoms with E-state index >= 15 is 0 Å². The van der Waals surface area contributed by atoms with Crippen molar-refractivity contribution < 1.29 is 20.0 Å². The summed E-state index contributed by atoms with van der Waals surface area (Å²) in [5.41, 5.74) is 0. The number of carbonyl (C=O) groups is 1. The Morgan fingerprint density at radius 2 is 2.38 bits per heavy atom. The maximum absolute atomic E-state index is 9.65. The third kappa shape index (κ3) is 5.13. The van der Waals surface area contributed by atoms with Crippen molar-refractivity contribution in [2.75, 3.05) is 6.61 Å². The standard InChI is InChI=1S/C4H6O4/c5-4(6)2-1-3-8-7/h1-2,7H,3H2,(H,5,6)/b2-1+. The van der Waals surface area contributed by atoms with Gasteiger partial charge in [-0.2, -0.15) is 0 Å². The van der Waals surface area contributed by atoms with Crippen LogP contribution in [0.1, 0.15) is 0 Å². The molecule has 0 radical (unpaired) electrons. The zero-order valence-corrected chi connectivity index (χ0v) is 4.07. The average molecular weight is 118 g/mol. The van der Waals surface area contributed by atoms with Gasteiger partial charge in [-0.15, -0.1) is 0 Å². The van der Waals surface area contributed by atoms with E-state index in [-0.39, 0.29) is 6.61 Å². The van der Waals surface area contributed by atoms with Gasteiger partial charge in [0.2, 0.25) is 0 Å². The molecule has 0 unspecified atom stereocenters. The Morgan fingerprint density at radius 1 is 1.75 bits per heavy atom. The van der Waals surface area contributed by atoms with Gasteiger partial charge in [-0.05, 0) is 6.08 Å². The SMILES string of the molecule is O=C(O)/C=C/COO. The molecule has 0 aromatic heterocycles. The molecule has 0 bridgehead atoms. The topological polar surface area (TPSA) is 66.8 Å². The lowest BCUT2D eigenvalue weighted by molar-refractivity contribution is -0.231. The van der Waals surface area contributed by atoms with Gasteiger partial charge in [-0.3, -0.25) is 5.26 Å². The van der Waals surface area contributed by atoms with Gasteiger partial charge < -0.3 is 5.11 Å². The molecule has 0 aromatic rings. The Labute approximate surface area is 45.9 Å². The van der Waals surface area contributed by atoms with Crippen molar-refractivity contribution in [3.63, 3.8) is 0 Å². The first-order valence-corrected chi connectivity index (χ1v) is 1.93. The van der Waals surface area contributed by atoms with Crippen molar-refractivity contribution in [3.8, 4) is 0 Å². The summed E-state index contributed by atoms with van der Waals surface area (Å²) in [6.07, 6.45) is 2.07. The zero-order chi connectivity index (χ0) is 6.41. The summed E-state index contributed by atoms with van der Waals surface area (Å²) in [5, 5.41) is 15.6. The van der Waals surface area contributed by atoms with Gasteiger partial charge in [0.25, 0.3) is 0 Å². The van der Waals surface area contributed by atoms with Crippen LogP contribution in [0.15, 0.2) is 12.2 Å². The van der Waals surface area contributed by atoms with Crippen LogP contribution in [0.3, 0.4) is 0 Å². The van der Waals surface area contributed by atoms with E-state index in [2.05, 4.69) is 4.89 Å². The maximum Gasteiger partial charge on any atom is 0.328 e. The van der Waals surface area contributed by atoms with E-state index in [0.717, 1.165) is 6.08 Å². The van der Waals surface area contributed by atoms with Crippen molar-refractivity contribution >= 4 is 5.97 Å². The van der Waals surface area contributed by atoms with Crippen LogP contribution in [0.25, 0.3) is 0 Å². The Kier molecular flexibility index (Phi) is 3.83. The fourth-order valence-corrected chi connectivity index (χ4v) is 0.192. The largest absolute Gasteiger partial charge is 0.478 e. The highest BCUT2D eigenvalue weighted by molar-refractivity contribution is 5.79. The van der Waals surface area contributed by atoms with Crippen LogP contribution in [-0.4, -0.2) is 22.9 Å². The summed E-state index contributed by atoms with van der Waals surface area (Å²) in [4.78, 5) is 13.2. The predicted molar refractivity (Wildman–Crippen MR) is 25.4 cm³/mol. The minimum atomic E-state index is -1.05. The summed E-state index contributed by atoms with van der Waals surface area (Å²) < 4.78 is 0. The van der Waals surface area contributed by atoms with Crippen LogP contribution >= 0.6 is 0 Å². The summed E-state index contributed by atoms with van der Waals surface area (Å²) >= 11 is 0. The van der Waals surface area contributed by atoms with Crippen LogP contribution in [0.5, 0.6) is 0 Å². The number of aliphatic carboxylic acids is 1. The molecular formula is C4H6O4. The van der Waals surface area contributed by atoms with E-state index < -0.39 is 5.97 Å². The first-order valence-electron chi connectivity index (χ1n) is 1.93. The van der Waals surface area contributed by atoms with Crippen LogP contribution < -0.4 is 0 Å². The zero-order valence-electron chi connectivity index (χ0n) is 4.07. The Bertz CT molecular complexity index is 96.2. The van der Waals surface area contributed by atoms with Crippen molar-refractivity contribution in [2.24, 2.45) is 0 Å². The van der Waals surface area contributed by atoms with Crippen molar-refractivity contribution in [1.29, 1.82) is 0 Å². The number of hydrogen-bond donors (Lipinski definition) is 2.